The Balaban J connectivity index is 0.00000265. The molecular formula is C27H36N2O4. The molecule has 0 spiro atoms. The lowest BCUT2D eigenvalue weighted by atomic mass is 10.0. The molecule has 0 atom stereocenters. The minimum absolute atomic E-state index is 0.411. The molecule has 0 radical (unpaired) electrons. The van der Waals surface area contributed by atoms with Crippen molar-refractivity contribution in [2.45, 2.75) is 34.1 Å². The molecule has 178 valence electrons. The lowest BCUT2D eigenvalue weighted by Gasteiger charge is -2.12. The lowest BCUT2D eigenvalue weighted by Crippen LogP contribution is -2.09. The SMILES string of the molecule is C=Cc1ccc(C(=O)OC)cc1OCCCOc1c(C(=C)/C=C(\C)C(=C)C)cnn1C.CC. The zero-order chi connectivity index (χ0) is 25.0. The molecule has 6 heteroatoms. The molecule has 0 fully saturated rings. The highest BCUT2D eigenvalue weighted by Gasteiger charge is 2.13. The van der Waals surface area contributed by atoms with Crippen LogP contribution >= 0.6 is 0 Å². The molecule has 1 heterocycles. The lowest BCUT2D eigenvalue weighted by molar-refractivity contribution is 0.0600. The van der Waals surface area contributed by atoms with E-state index >= 15 is 0 Å². The first kappa shape index (κ1) is 27.5. The van der Waals surface area contributed by atoms with Crippen molar-refractivity contribution in [1.29, 1.82) is 0 Å². The summed E-state index contributed by atoms with van der Waals surface area (Å²) in [6.07, 6.45) is 6.03. The topological polar surface area (TPSA) is 62.6 Å². The summed E-state index contributed by atoms with van der Waals surface area (Å²) in [6, 6.07) is 5.11. The van der Waals surface area contributed by atoms with Crippen molar-refractivity contribution in [1.82, 2.24) is 9.78 Å². The quantitative estimate of drug-likeness (QED) is 0.229. The maximum Gasteiger partial charge on any atom is 0.337 e. The minimum Gasteiger partial charge on any atom is -0.493 e. The number of benzene rings is 1. The number of ether oxygens (including phenoxy) is 3. The second-order valence-corrected chi connectivity index (χ2v) is 7.12. The Labute approximate surface area is 197 Å². The first-order valence-electron chi connectivity index (χ1n) is 10.9. The molecule has 1 aromatic heterocycles. The number of esters is 1. The summed E-state index contributed by atoms with van der Waals surface area (Å²) in [5.74, 6) is 0.812. The third-order valence-electron chi connectivity index (χ3n) is 4.73. The minimum atomic E-state index is -0.413. The van der Waals surface area contributed by atoms with Gasteiger partial charge in [0, 0.05) is 19.0 Å². The van der Waals surface area contributed by atoms with Crippen molar-refractivity contribution in [3.63, 3.8) is 0 Å². The highest BCUT2D eigenvalue weighted by Crippen LogP contribution is 2.27. The number of allylic oxidation sites excluding steroid dienone is 4. The largest absolute Gasteiger partial charge is 0.493 e. The van der Waals surface area contributed by atoms with Gasteiger partial charge in [-0.05, 0) is 37.1 Å². The van der Waals surface area contributed by atoms with Crippen LogP contribution in [0.5, 0.6) is 11.6 Å². The highest BCUT2D eigenvalue weighted by molar-refractivity contribution is 5.90. The molecule has 33 heavy (non-hydrogen) atoms. The maximum absolute atomic E-state index is 11.7. The van der Waals surface area contributed by atoms with E-state index in [0.29, 0.717) is 36.8 Å². The Kier molecular flexibility index (Phi) is 11.5. The standard InChI is InChI=1S/C25H30N2O4.C2H6/c1-8-20-10-11-21(25(28)29-7)15-23(20)30-12-9-13-31-24-22(16-26-27(24)6)19(5)14-18(4)17(2)3;1-2/h8,10-11,14-16H,1-2,5,9,12-13H2,3-4,6-7H3;1-2H3/b18-14+;. The van der Waals surface area contributed by atoms with Gasteiger partial charge in [0.2, 0.25) is 5.88 Å². The molecule has 1 aromatic carbocycles. The van der Waals surface area contributed by atoms with Crippen LogP contribution in [-0.2, 0) is 11.8 Å². The Hall–Kier alpha value is -3.54. The molecule has 0 amide bonds. The molecule has 0 bridgehead atoms. The first-order valence-corrected chi connectivity index (χ1v) is 10.9. The van der Waals surface area contributed by atoms with Crippen molar-refractivity contribution < 1.29 is 19.0 Å². The van der Waals surface area contributed by atoms with Gasteiger partial charge in [0.05, 0.1) is 37.6 Å². The molecule has 0 N–H and O–H groups in total. The van der Waals surface area contributed by atoms with Crippen LogP contribution in [0.1, 0.15) is 55.6 Å². The molecular weight excluding hydrogens is 416 g/mol. The van der Waals surface area contributed by atoms with Gasteiger partial charge in [-0.3, -0.25) is 0 Å². The fourth-order valence-electron chi connectivity index (χ4n) is 2.76. The fraction of sp³-hybridized carbons (Fsp3) is 0.333. The number of carbonyl (C=O) groups is 1. The van der Waals surface area contributed by atoms with Crippen molar-refractivity contribution in [2.24, 2.45) is 7.05 Å². The molecule has 0 saturated heterocycles. The summed E-state index contributed by atoms with van der Waals surface area (Å²) in [4.78, 5) is 11.7. The van der Waals surface area contributed by atoms with Gasteiger partial charge in [-0.15, -0.1) is 0 Å². The number of carbonyl (C=O) groups excluding carboxylic acids is 1. The zero-order valence-electron chi connectivity index (χ0n) is 20.7. The summed E-state index contributed by atoms with van der Waals surface area (Å²) in [6.45, 7) is 20.7. The molecule has 0 saturated carbocycles. The van der Waals surface area contributed by atoms with Crippen LogP contribution in [-0.4, -0.2) is 36.1 Å². The third-order valence-corrected chi connectivity index (χ3v) is 4.73. The third kappa shape index (κ3) is 7.83. The van der Waals surface area contributed by atoms with E-state index in [1.165, 1.54) is 7.11 Å². The van der Waals surface area contributed by atoms with Crippen LogP contribution in [0.3, 0.4) is 0 Å². The Morgan fingerprint density at radius 1 is 1.15 bits per heavy atom. The molecule has 6 nitrogen and oxygen atoms in total. The molecule has 2 aromatic rings. The van der Waals surface area contributed by atoms with Gasteiger partial charge < -0.3 is 14.2 Å². The Morgan fingerprint density at radius 2 is 1.82 bits per heavy atom. The van der Waals surface area contributed by atoms with E-state index in [-0.39, 0.29) is 0 Å². The van der Waals surface area contributed by atoms with Gasteiger partial charge in [-0.25, -0.2) is 9.48 Å². The van der Waals surface area contributed by atoms with Gasteiger partial charge in [0.1, 0.15) is 5.75 Å². The van der Waals surface area contributed by atoms with Crippen molar-refractivity contribution >= 4 is 17.6 Å². The first-order chi connectivity index (χ1) is 15.8. The summed E-state index contributed by atoms with van der Waals surface area (Å²) in [5.41, 5.74) is 4.92. The normalized spacial score (nSPS) is 10.5. The van der Waals surface area contributed by atoms with Crippen LogP contribution in [0.4, 0.5) is 0 Å². The van der Waals surface area contributed by atoms with Gasteiger partial charge in [-0.2, -0.15) is 5.10 Å². The fourth-order valence-corrected chi connectivity index (χ4v) is 2.76. The summed E-state index contributed by atoms with van der Waals surface area (Å²) in [5, 5.41) is 4.29. The number of aryl methyl sites for hydroxylation is 1. The predicted octanol–water partition coefficient (Wildman–Crippen LogP) is 6.26. The average molecular weight is 453 g/mol. The van der Waals surface area contributed by atoms with E-state index < -0.39 is 5.97 Å². The van der Waals surface area contributed by atoms with Crippen LogP contribution in [0.25, 0.3) is 11.6 Å². The zero-order valence-corrected chi connectivity index (χ0v) is 20.7. The van der Waals surface area contributed by atoms with Crippen molar-refractivity contribution in [3.05, 3.63) is 78.0 Å². The smallest absolute Gasteiger partial charge is 0.337 e. The Morgan fingerprint density at radius 3 is 2.42 bits per heavy atom. The number of methoxy groups -OCH3 is 1. The molecule has 0 aliphatic carbocycles. The predicted molar refractivity (Wildman–Crippen MR) is 136 cm³/mol. The molecule has 2 rings (SSSR count). The van der Waals surface area contributed by atoms with E-state index in [0.717, 1.165) is 27.8 Å². The number of hydrogen-bond donors (Lipinski definition) is 0. The van der Waals surface area contributed by atoms with E-state index in [9.17, 15) is 4.79 Å². The van der Waals surface area contributed by atoms with Gasteiger partial charge in [0.15, 0.2) is 0 Å². The van der Waals surface area contributed by atoms with E-state index in [1.54, 1.807) is 35.2 Å². The van der Waals surface area contributed by atoms with Crippen LogP contribution in [0.15, 0.2) is 61.4 Å². The van der Waals surface area contributed by atoms with Gasteiger partial charge >= 0.3 is 5.97 Å². The summed E-state index contributed by atoms with van der Waals surface area (Å²) >= 11 is 0. The van der Waals surface area contributed by atoms with Crippen LogP contribution < -0.4 is 9.47 Å². The van der Waals surface area contributed by atoms with E-state index in [1.807, 2.05) is 40.8 Å². The second kappa shape index (κ2) is 13.8. The number of aromatic nitrogens is 2. The number of rotatable bonds is 11. The van der Waals surface area contributed by atoms with Gasteiger partial charge in [-0.1, -0.05) is 57.4 Å². The maximum atomic E-state index is 11.7. The van der Waals surface area contributed by atoms with E-state index in [2.05, 4.69) is 24.8 Å². The van der Waals surface area contributed by atoms with E-state index in [4.69, 9.17) is 14.2 Å². The van der Waals surface area contributed by atoms with Crippen molar-refractivity contribution in [2.75, 3.05) is 20.3 Å². The summed E-state index contributed by atoms with van der Waals surface area (Å²) in [7, 11) is 3.17. The molecule has 0 unspecified atom stereocenters. The molecule has 0 aliphatic rings. The highest BCUT2D eigenvalue weighted by atomic mass is 16.5. The van der Waals surface area contributed by atoms with Gasteiger partial charge in [0.25, 0.3) is 0 Å². The second-order valence-electron chi connectivity index (χ2n) is 7.12. The number of hydrogen-bond acceptors (Lipinski definition) is 5. The monoisotopic (exact) mass is 452 g/mol. The average Bonchev–Trinajstić information content (AvgIpc) is 3.19. The van der Waals surface area contributed by atoms with Crippen LogP contribution in [0.2, 0.25) is 0 Å². The molecule has 0 aliphatic heterocycles. The summed E-state index contributed by atoms with van der Waals surface area (Å²) < 4.78 is 18.3. The Bertz CT molecular complexity index is 1020. The van der Waals surface area contributed by atoms with Crippen LogP contribution in [0, 0.1) is 0 Å². The number of nitrogens with zero attached hydrogens (tertiary/aromatic N) is 2. The van der Waals surface area contributed by atoms with Crippen molar-refractivity contribution in [3.8, 4) is 11.6 Å².